The summed E-state index contributed by atoms with van der Waals surface area (Å²) in [6.07, 6.45) is 13.3. The molecule has 0 aliphatic heterocycles. The van der Waals surface area contributed by atoms with Crippen LogP contribution >= 0.6 is 0 Å². The van der Waals surface area contributed by atoms with E-state index in [4.69, 9.17) is 0 Å². The molecule has 0 unspecified atom stereocenters. The van der Waals surface area contributed by atoms with Crippen molar-refractivity contribution in [3.63, 3.8) is 0 Å². The molecule has 1 radical (unpaired) electrons. The summed E-state index contributed by atoms with van der Waals surface area (Å²) in [7, 11) is 0. The zero-order valence-corrected chi connectivity index (χ0v) is 30.3. The Labute approximate surface area is 336 Å². The minimum absolute atomic E-state index is 0. The summed E-state index contributed by atoms with van der Waals surface area (Å²) in [5.41, 5.74) is 1.30. The molecule has 0 saturated heterocycles. The molecule has 6 aromatic rings. The average Bonchev–Trinajstić information content (AvgIpc) is 3.81. The SMILES string of the molecule is O.O.O.O=C([O-])Cn1nnc(-c2cnccn2)n1.O=C([O-])Cn1nnc(-c2cnccn2)n1.O=C([O-])Cn1nnc(-c2cnccn2)n1.[OH3+].[OH3+].[OH3+].[OH3+].[OH3+].[OH3+].[Sm+3]. The van der Waals surface area contributed by atoms with Gasteiger partial charge in [-0.3, -0.25) is 15.0 Å². The zero-order chi connectivity index (χ0) is 32.0. The first-order valence-electron chi connectivity index (χ1n) is 12.0. The largest absolute Gasteiger partial charge is 3.00 e. The van der Waals surface area contributed by atoms with Gasteiger partial charge in [0.15, 0.2) is 0 Å². The minimum Gasteiger partial charge on any atom is -0.548 e. The fourth-order valence-electron chi connectivity index (χ4n) is 2.83. The van der Waals surface area contributed by atoms with Crippen LogP contribution in [0.25, 0.3) is 34.6 Å². The van der Waals surface area contributed by atoms with Gasteiger partial charge in [-0.25, -0.2) is 15.0 Å². The number of aromatic nitrogens is 18. The summed E-state index contributed by atoms with van der Waals surface area (Å²) in [5.74, 6) is -3.16. The van der Waals surface area contributed by atoms with E-state index in [9.17, 15) is 29.7 Å². The van der Waals surface area contributed by atoms with Gasteiger partial charge in [0.1, 0.15) is 36.7 Å². The van der Waals surface area contributed by atoms with Crippen LogP contribution in [0.3, 0.4) is 0 Å². The standard InChI is InChI=1S/3C7H6N6O2.9H2O.Sm/c3*14-6(15)4-13-11-7(10-12-13)5-3-8-1-2-9-5;;;;;;;;;;/h3*1-3H,4H2,(H,14,15);9*1H2;/q;;;;;;;;;;;;+3/p+3. The second-order valence-electron chi connectivity index (χ2n) is 7.82. The monoisotopic (exact) mass is 935 g/mol. The number of rotatable bonds is 9. The molecule has 0 saturated carbocycles. The van der Waals surface area contributed by atoms with E-state index in [2.05, 4.69) is 76.1 Å². The number of hydrogen-bond acceptors (Lipinski definition) is 21. The van der Waals surface area contributed by atoms with E-state index in [1.165, 1.54) is 55.8 Å². The molecule has 0 atom stereocenters. The van der Waals surface area contributed by atoms with Gasteiger partial charge in [-0.1, -0.05) is 0 Å². The molecule has 303 valence electrons. The number of carboxylic acids is 3. The summed E-state index contributed by atoms with van der Waals surface area (Å²) in [4.78, 5) is 56.8. The molecule has 6 aromatic heterocycles. The first-order valence-corrected chi connectivity index (χ1v) is 12.0. The third-order valence-electron chi connectivity index (χ3n) is 4.55. The number of carbonyl (C=O) groups excluding carboxylic acids is 3. The van der Waals surface area contributed by atoms with Crippen molar-refractivity contribution in [3.8, 4) is 34.6 Å². The van der Waals surface area contributed by atoms with Gasteiger partial charge in [-0.05, 0) is 15.6 Å². The molecule has 6 heterocycles. The number of carboxylic acid groups (broad SMARTS) is 3. The van der Waals surface area contributed by atoms with Crippen molar-refractivity contribution in [3.05, 3.63) is 55.8 Å². The Kier molecular flexibility index (Phi) is 37.7. The molecule has 0 aromatic carbocycles. The van der Waals surface area contributed by atoms with E-state index >= 15 is 0 Å². The Morgan fingerprint density at radius 3 is 0.873 bits per heavy atom. The molecule has 34 heteroatoms. The zero-order valence-electron chi connectivity index (χ0n) is 27.7. The third-order valence-corrected chi connectivity index (χ3v) is 4.55. The van der Waals surface area contributed by atoms with Crippen molar-refractivity contribution in [1.29, 1.82) is 0 Å². The second kappa shape index (κ2) is 32.5. The van der Waals surface area contributed by atoms with Crippen LogP contribution in [0.15, 0.2) is 55.8 Å². The van der Waals surface area contributed by atoms with Gasteiger partial charge < -0.3 is 79.0 Å². The maximum absolute atomic E-state index is 10.2. The van der Waals surface area contributed by atoms with Gasteiger partial charge in [-0.2, -0.15) is 14.4 Å². The van der Waals surface area contributed by atoms with Crippen LogP contribution in [-0.2, 0) is 66.9 Å². The van der Waals surface area contributed by atoms with Crippen LogP contribution in [0.1, 0.15) is 0 Å². The molecule has 0 spiro atoms. The molecule has 24 N–H and O–H groups in total. The van der Waals surface area contributed by atoms with Crippen molar-refractivity contribution in [2.75, 3.05) is 0 Å². The fraction of sp³-hybridized carbons (Fsp3) is 0.143. The Hall–Kier alpha value is -6.16. The smallest absolute Gasteiger partial charge is 0.548 e. The molecule has 0 aliphatic rings. The van der Waals surface area contributed by atoms with Crippen LogP contribution < -0.4 is 15.3 Å². The van der Waals surface area contributed by atoms with E-state index in [-0.39, 0.29) is 107 Å². The van der Waals surface area contributed by atoms with Crippen LogP contribution in [0.2, 0.25) is 0 Å². The van der Waals surface area contributed by atoms with E-state index in [0.717, 1.165) is 14.4 Å². The number of aliphatic carboxylic acids is 3. The maximum atomic E-state index is 10.2. The van der Waals surface area contributed by atoms with E-state index in [1.807, 2.05) is 0 Å². The molecule has 6 rings (SSSR count). The molecule has 33 nitrogen and oxygen atoms in total. The number of nitrogens with zero attached hydrogens (tertiary/aromatic N) is 18. The quantitative estimate of drug-likeness (QED) is 0.121. The van der Waals surface area contributed by atoms with E-state index in [0.29, 0.717) is 17.1 Å². The normalized spacial score (nSPS) is 8.29. The van der Waals surface area contributed by atoms with Gasteiger partial charge in [0, 0.05) is 37.2 Å². The van der Waals surface area contributed by atoms with Crippen molar-refractivity contribution >= 4 is 17.9 Å². The summed E-state index contributed by atoms with van der Waals surface area (Å²) in [6, 6.07) is 0. The fourth-order valence-corrected chi connectivity index (χ4v) is 2.83. The molecule has 0 bridgehead atoms. The summed E-state index contributed by atoms with van der Waals surface area (Å²) < 4.78 is 0. The molecule has 0 amide bonds. The summed E-state index contributed by atoms with van der Waals surface area (Å²) in [5, 5.41) is 63.6. The maximum Gasteiger partial charge on any atom is 3.00 e. The van der Waals surface area contributed by atoms with Gasteiger partial charge in [0.05, 0.1) is 36.5 Å². The van der Waals surface area contributed by atoms with Gasteiger partial charge in [0.25, 0.3) is 0 Å². The molecule has 0 aliphatic carbocycles. The van der Waals surface area contributed by atoms with Gasteiger partial charge in [0.2, 0.25) is 17.5 Å². The predicted octanol–water partition coefficient (Wildman–Crippen LogP) is -14.4. The Morgan fingerprint density at radius 1 is 0.455 bits per heavy atom. The minimum atomic E-state index is -1.28. The average molecular weight is 934 g/mol. The molecular weight excluding hydrogens is 895 g/mol. The van der Waals surface area contributed by atoms with Crippen LogP contribution in [0.5, 0.6) is 0 Å². The Bertz CT molecular complexity index is 1640. The van der Waals surface area contributed by atoms with Crippen LogP contribution in [-0.4, -0.2) is 125 Å². The first-order chi connectivity index (χ1) is 21.8. The van der Waals surface area contributed by atoms with E-state index < -0.39 is 37.5 Å². The third kappa shape index (κ3) is 21.2. The van der Waals surface area contributed by atoms with Gasteiger partial charge in [-0.15, -0.1) is 30.6 Å². The summed E-state index contributed by atoms with van der Waals surface area (Å²) in [6.45, 7) is -1.31. The van der Waals surface area contributed by atoms with Crippen molar-refractivity contribution < 1.29 is 119 Å². The topological polar surface area (TPSA) is 621 Å². The predicted molar refractivity (Wildman–Crippen MR) is 172 cm³/mol. The van der Waals surface area contributed by atoms with E-state index in [1.54, 1.807) is 0 Å². The molecule has 0 fully saturated rings. The second-order valence-corrected chi connectivity index (χ2v) is 7.82. The van der Waals surface area contributed by atoms with Gasteiger partial charge >= 0.3 is 40.4 Å². The number of carbonyl (C=O) groups is 3. The first kappa shape index (κ1) is 63.8. The number of tetrazole rings is 3. The van der Waals surface area contributed by atoms with Crippen LogP contribution in [0, 0.1) is 40.4 Å². The van der Waals surface area contributed by atoms with Crippen LogP contribution in [0.4, 0.5) is 0 Å². The van der Waals surface area contributed by atoms with Crippen molar-refractivity contribution in [1.82, 2.24) is 90.5 Å². The number of hydrogen-bond donors (Lipinski definition) is 0. The molecule has 55 heavy (non-hydrogen) atoms. The van der Waals surface area contributed by atoms with Crippen molar-refractivity contribution in [2.24, 2.45) is 0 Å². The molecular formula is C21H39N18O15Sm+6. The Morgan fingerprint density at radius 2 is 0.691 bits per heavy atom. The Balaban J connectivity index is -0.000000115. The summed E-state index contributed by atoms with van der Waals surface area (Å²) >= 11 is 0. The van der Waals surface area contributed by atoms with Crippen molar-refractivity contribution in [2.45, 2.75) is 19.6 Å².